The van der Waals surface area contributed by atoms with Gasteiger partial charge in [0.1, 0.15) is 0 Å². The van der Waals surface area contributed by atoms with E-state index in [9.17, 15) is 9.18 Å². The van der Waals surface area contributed by atoms with Crippen LogP contribution in [0, 0.1) is 5.82 Å². The number of amides is 1. The zero-order chi connectivity index (χ0) is 10.6. The van der Waals surface area contributed by atoms with E-state index in [1.807, 2.05) is 0 Å². The average molecular weight is 216 g/mol. The fourth-order valence-electron chi connectivity index (χ4n) is 0.747. The van der Waals surface area contributed by atoms with Crippen LogP contribution >= 0.6 is 11.6 Å². The van der Waals surface area contributed by atoms with Gasteiger partial charge < -0.3 is 5.32 Å². The maximum absolute atomic E-state index is 12.9. The number of hydrogen-bond donors (Lipinski definition) is 1. The van der Waals surface area contributed by atoms with Crippen LogP contribution in [-0.2, 0) is 4.79 Å². The Labute approximate surface area is 84.8 Å². The lowest BCUT2D eigenvalue weighted by Gasteiger charge is -2.02. The highest BCUT2D eigenvalue weighted by atomic mass is 35.5. The third-order valence-corrected chi connectivity index (χ3v) is 1.48. The highest BCUT2D eigenvalue weighted by Crippen LogP contribution is 2.11. The van der Waals surface area contributed by atoms with Crippen LogP contribution in [0.15, 0.2) is 18.9 Å². The van der Waals surface area contributed by atoms with E-state index in [2.05, 4.69) is 21.9 Å². The largest absolute Gasteiger partial charge is 0.308 e. The minimum absolute atomic E-state index is 0.0844. The summed E-state index contributed by atoms with van der Waals surface area (Å²) in [6.45, 7) is 3.37. The number of nitrogens with one attached hydrogen (secondary N) is 1. The van der Waals surface area contributed by atoms with Crippen LogP contribution in [0.5, 0.6) is 0 Å². The van der Waals surface area contributed by atoms with Gasteiger partial charge in [-0.1, -0.05) is 6.08 Å². The number of rotatable bonds is 3. The molecule has 6 heteroatoms. The first-order chi connectivity index (χ1) is 6.63. The highest BCUT2D eigenvalue weighted by molar-refractivity contribution is 6.28. The Kier molecular flexibility index (Phi) is 3.53. The van der Waals surface area contributed by atoms with Gasteiger partial charge in [0.15, 0.2) is 11.6 Å². The molecule has 4 nitrogen and oxygen atoms in total. The molecule has 0 saturated heterocycles. The Hall–Kier alpha value is -1.49. The van der Waals surface area contributed by atoms with E-state index in [-0.39, 0.29) is 17.5 Å². The Bertz CT molecular complexity index is 370. The summed E-state index contributed by atoms with van der Waals surface area (Å²) in [4.78, 5) is 17.9. The molecule has 0 aliphatic carbocycles. The van der Waals surface area contributed by atoms with Crippen molar-refractivity contribution in [1.29, 1.82) is 0 Å². The summed E-state index contributed by atoms with van der Waals surface area (Å²) in [5.74, 6) is -1.36. The summed E-state index contributed by atoms with van der Waals surface area (Å²) in [6.07, 6.45) is 2.37. The normalized spacial score (nSPS) is 9.57. The first-order valence-electron chi connectivity index (χ1n) is 3.72. The predicted octanol–water partition coefficient (Wildman–Crippen LogP) is 1.78. The Morgan fingerprint density at radius 2 is 2.50 bits per heavy atom. The van der Waals surface area contributed by atoms with Crippen LogP contribution in [0.1, 0.15) is 6.42 Å². The molecule has 0 unspecified atom stereocenters. The predicted molar refractivity (Wildman–Crippen MR) is 50.4 cm³/mol. The highest BCUT2D eigenvalue weighted by Gasteiger charge is 2.08. The minimum Gasteiger partial charge on any atom is -0.308 e. The molecule has 0 fully saturated rings. The molecule has 0 bridgehead atoms. The van der Waals surface area contributed by atoms with E-state index in [0.29, 0.717) is 0 Å². The standard InChI is InChI=1S/C8H7ClFN3O/c1-2-3-6(14)12-7-5(10)4-11-8(9)13-7/h2,4H,1,3H2,(H,11,12,13,14). The molecule has 0 saturated carbocycles. The number of nitrogens with zero attached hydrogens (tertiary/aromatic N) is 2. The smallest absolute Gasteiger partial charge is 0.229 e. The van der Waals surface area contributed by atoms with Gasteiger partial charge >= 0.3 is 0 Å². The van der Waals surface area contributed by atoms with Crippen molar-refractivity contribution in [2.75, 3.05) is 5.32 Å². The molecule has 0 atom stereocenters. The fraction of sp³-hybridized carbons (Fsp3) is 0.125. The summed E-state index contributed by atoms with van der Waals surface area (Å²) in [7, 11) is 0. The zero-order valence-corrected chi connectivity index (χ0v) is 7.88. The van der Waals surface area contributed by atoms with Crippen LogP contribution in [-0.4, -0.2) is 15.9 Å². The number of halogens is 2. The van der Waals surface area contributed by atoms with Gasteiger partial charge in [0, 0.05) is 6.42 Å². The maximum atomic E-state index is 12.9. The van der Waals surface area contributed by atoms with Crippen molar-refractivity contribution in [3.63, 3.8) is 0 Å². The fourth-order valence-corrected chi connectivity index (χ4v) is 0.881. The van der Waals surface area contributed by atoms with E-state index in [0.717, 1.165) is 6.20 Å². The summed E-state index contributed by atoms with van der Waals surface area (Å²) >= 11 is 5.42. The molecule has 1 heterocycles. The average Bonchev–Trinajstić information content (AvgIpc) is 2.12. The molecule has 74 valence electrons. The Morgan fingerprint density at radius 3 is 3.14 bits per heavy atom. The monoisotopic (exact) mass is 215 g/mol. The van der Waals surface area contributed by atoms with Crippen molar-refractivity contribution < 1.29 is 9.18 Å². The molecule has 1 aromatic heterocycles. The van der Waals surface area contributed by atoms with Gasteiger partial charge in [-0.15, -0.1) is 6.58 Å². The van der Waals surface area contributed by atoms with Gasteiger partial charge in [-0.05, 0) is 11.6 Å². The maximum Gasteiger partial charge on any atom is 0.229 e. The topological polar surface area (TPSA) is 54.9 Å². The molecule has 0 spiro atoms. The van der Waals surface area contributed by atoms with E-state index in [1.54, 1.807) is 0 Å². The molecule has 0 radical (unpaired) electrons. The lowest BCUT2D eigenvalue weighted by molar-refractivity contribution is -0.115. The minimum atomic E-state index is -0.730. The Balaban J connectivity index is 2.80. The number of hydrogen-bond acceptors (Lipinski definition) is 3. The second-order valence-electron chi connectivity index (χ2n) is 2.38. The SMILES string of the molecule is C=CCC(=O)Nc1nc(Cl)ncc1F. The van der Waals surface area contributed by atoms with E-state index < -0.39 is 11.7 Å². The first kappa shape index (κ1) is 10.6. The van der Waals surface area contributed by atoms with Crippen LogP contribution in [0.3, 0.4) is 0 Å². The number of carbonyl (C=O) groups excluding carboxylic acids is 1. The van der Waals surface area contributed by atoms with Crippen LogP contribution in [0.25, 0.3) is 0 Å². The molecule has 1 amide bonds. The zero-order valence-electron chi connectivity index (χ0n) is 7.13. The lowest BCUT2D eigenvalue weighted by Crippen LogP contribution is -2.13. The number of aromatic nitrogens is 2. The number of carbonyl (C=O) groups is 1. The van der Waals surface area contributed by atoms with Gasteiger partial charge in [0.05, 0.1) is 6.20 Å². The summed E-state index contributed by atoms with van der Waals surface area (Å²) in [5.41, 5.74) is 0. The van der Waals surface area contributed by atoms with Crippen molar-refractivity contribution in [2.24, 2.45) is 0 Å². The van der Waals surface area contributed by atoms with Crippen LogP contribution in [0.2, 0.25) is 5.28 Å². The van der Waals surface area contributed by atoms with Crippen molar-refractivity contribution in [2.45, 2.75) is 6.42 Å². The third kappa shape index (κ3) is 2.77. The van der Waals surface area contributed by atoms with E-state index >= 15 is 0 Å². The van der Waals surface area contributed by atoms with E-state index in [4.69, 9.17) is 11.6 Å². The Morgan fingerprint density at radius 1 is 1.79 bits per heavy atom. The van der Waals surface area contributed by atoms with Crippen molar-refractivity contribution in [3.8, 4) is 0 Å². The molecule has 0 aromatic carbocycles. The molecule has 0 aliphatic heterocycles. The van der Waals surface area contributed by atoms with Gasteiger partial charge in [-0.2, -0.15) is 4.98 Å². The number of anilines is 1. The molecule has 14 heavy (non-hydrogen) atoms. The van der Waals surface area contributed by atoms with E-state index in [1.165, 1.54) is 6.08 Å². The molecular weight excluding hydrogens is 209 g/mol. The molecular formula is C8H7ClFN3O. The van der Waals surface area contributed by atoms with Gasteiger partial charge in [0.25, 0.3) is 0 Å². The lowest BCUT2D eigenvalue weighted by atomic mass is 10.4. The molecule has 0 aliphatic rings. The molecule has 1 N–H and O–H groups in total. The van der Waals surface area contributed by atoms with Crippen LogP contribution in [0.4, 0.5) is 10.2 Å². The van der Waals surface area contributed by atoms with Gasteiger partial charge in [-0.25, -0.2) is 9.37 Å². The molecule has 1 rings (SSSR count). The summed E-state index contributed by atoms with van der Waals surface area (Å²) < 4.78 is 12.9. The summed E-state index contributed by atoms with van der Waals surface area (Å²) in [6, 6.07) is 0. The van der Waals surface area contributed by atoms with Gasteiger partial charge in [0.2, 0.25) is 11.2 Å². The summed E-state index contributed by atoms with van der Waals surface area (Å²) in [5, 5.41) is 2.11. The molecule has 1 aromatic rings. The second kappa shape index (κ2) is 4.66. The van der Waals surface area contributed by atoms with Gasteiger partial charge in [-0.3, -0.25) is 4.79 Å². The second-order valence-corrected chi connectivity index (χ2v) is 2.71. The van der Waals surface area contributed by atoms with Crippen LogP contribution < -0.4 is 5.32 Å². The van der Waals surface area contributed by atoms with Crippen molar-refractivity contribution in [3.05, 3.63) is 30.0 Å². The van der Waals surface area contributed by atoms with Crippen molar-refractivity contribution >= 4 is 23.3 Å². The quantitative estimate of drug-likeness (QED) is 0.618. The van der Waals surface area contributed by atoms with Crippen molar-refractivity contribution in [1.82, 2.24) is 9.97 Å². The first-order valence-corrected chi connectivity index (χ1v) is 4.10. The third-order valence-electron chi connectivity index (χ3n) is 1.30.